The molecule has 0 aromatic heterocycles. The topological polar surface area (TPSA) is 103 Å². The molecule has 1 aliphatic rings. The first-order chi connectivity index (χ1) is 15.3. The number of aliphatic hydroxyl groups excluding tert-OH is 1. The molecular weight excluding hydrogens is 414 g/mol. The van der Waals surface area contributed by atoms with Crippen molar-refractivity contribution < 1.29 is 28.8 Å². The highest BCUT2D eigenvalue weighted by Gasteiger charge is 2.33. The lowest BCUT2D eigenvalue weighted by Gasteiger charge is -2.24. The Labute approximate surface area is 187 Å². The van der Waals surface area contributed by atoms with Crippen LogP contribution in [0, 0.1) is 0 Å². The van der Waals surface area contributed by atoms with Crippen LogP contribution in [0.4, 0.5) is 0 Å². The quantitative estimate of drug-likeness (QED) is 0.708. The van der Waals surface area contributed by atoms with Gasteiger partial charge in [-0.15, -0.1) is 0 Å². The molecule has 0 bridgehead atoms. The van der Waals surface area contributed by atoms with E-state index in [1.54, 1.807) is 19.1 Å². The SMILES string of the molecule is COc1c(OC)c2c(c([C@H](C)O)c1OC)CC[C@H](NC(C)=O)c1cc(=O)c(OC)ccc1-2. The number of methoxy groups -OCH3 is 4. The average molecular weight is 443 g/mol. The molecule has 0 saturated heterocycles. The first-order valence-electron chi connectivity index (χ1n) is 10.3. The zero-order valence-corrected chi connectivity index (χ0v) is 19.2. The Hall–Kier alpha value is -3.26. The van der Waals surface area contributed by atoms with Crippen LogP contribution in [-0.4, -0.2) is 39.5 Å². The number of hydrogen-bond donors (Lipinski definition) is 2. The second kappa shape index (κ2) is 9.48. The van der Waals surface area contributed by atoms with Crippen LogP contribution in [0.3, 0.4) is 0 Å². The summed E-state index contributed by atoms with van der Waals surface area (Å²) in [5, 5.41) is 13.6. The van der Waals surface area contributed by atoms with E-state index in [0.717, 1.165) is 5.56 Å². The van der Waals surface area contributed by atoms with Crippen LogP contribution in [0.1, 0.15) is 49.1 Å². The molecule has 172 valence electrons. The number of ether oxygens (including phenoxy) is 4. The number of carbonyl (C=O) groups is 1. The van der Waals surface area contributed by atoms with E-state index in [1.807, 2.05) is 0 Å². The van der Waals surface area contributed by atoms with Gasteiger partial charge in [0.05, 0.1) is 40.6 Å². The first kappa shape index (κ1) is 23.4. The summed E-state index contributed by atoms with van der Waals surface area (Å²) in [5.74, 6) is 1.12. The number of hydrogen-bond acceptors (Lipinski definition) is 7. The number of amides is 1. The minimum absolute atomic E-state index is 0.177. The smallest absolute Gasteiger partial charge is 0.220 e. The summed E-state index contributed by atoms with van der Waals surface area (Å²) < 4.78 is 22.3. The molecular formula is C24H29NO7. The summed E-state index contributed by atoms with van der Waals surface area (Å²) in [5.41, 5.74) is 3.08. The Bertz CT molecular complexity index is 1090. The Morgan fingerprint density at radius 1 is 1.06 bits per heavy atom. The first-order valence-corrected chi connectivity index (χ1v) is 10.3. The van der Waals surface area contributed by atoms with E-state index in [0.29, 0.717) is 52.3 Å². The molecule has 8 heteroatoms. The third kappa shape index (κ3) is 3.98. The Kier molecular flexibility index (Phi) is 6.93. The highest BCUT2D eigenvalue weighted by Crippen LogP contribution is 2.54. The Morgan fingerprint density at radius 3 is 2.25 bits per heavy atom. The van der Waals surface area contributed by atoms with Crippen molar-refractivity contribution in [3.63, 3.8) is 0 Å². The summed E-state index contributed by atoms with van der Waals surface area (Å²) in [6.45, 7) is 3.10. The molecule has 8 nitrogen and oxygen atoms in total. The van der Waals surface area contributed by atoms with Gasteiger partial charge in [-0.1, -0.05) is 6.07 Å². The number of rotatable bonds is 6. The molecule has 1 aliphatic carbocycles. The molecule has 2 N–H and O–H groups in total. The molecule has 0 fully saturated rings. The fourth-order valence-electron chi connectivity index (χ4n) is 4.47. The van der Waals surface area contributed by atoms with Gasteiger partial charge in [0.2, 0.25) is 17.1 Å². The molecule has 1 amide bonds. The highest BCUT2D eigenvalue weighted by molar-refractivity contribution is 5.85. The maximum Gasteiger partial charge on any atom is 0.220 e. The molecule has 0 saturated carbocycles. The Balaban J connectivity index is 2.53. The molecule has 0 aliphatic heterocycles. The van der Waals surface area contributed by atoms with Gasteiger partial charge in [0.15, 0.2) is 17.2 Å². The number of benzene rings is 1. The van der Waals surface area contributed by atoms with Gasteiger partial charge in [-0.3, -0.25) is 9.59 Å². The van der Waals surface area contributed by atoms with Crippen molar-refractivity contribution in [3.05, 3.63) is 45.1 Å². The summed E-state index contributed by atoms with van der Waals surface area (Å²) in [6, 6.07) is 4.43. The van der Waals surface area contributed by atoms with Gasteiger partial charge >= 0.3 is 0 Å². The van der Waals surface area contributed by atoms with Crippen molar-refractivity contribution in [3.8, 4) is 34.1 Å². The van der Waals surface area contributed by atoms with Crippen LogP contribution >= 0.6 is 0 Å². The van der Waals surface area contributed by atoms with Crippen molar-refractivity contribution in [2.24, 2.45) is 0 Å². The number of carbonyl (C=O) groups excluding carboxylic acids is 1. The third-order valence-corrected chi connectivity index (χ3v) is 5.71. The van der Waals surface area contributed by atoms with Crippen LogP contribution in [0.2, 0.25) is 0 Å². The van der Waals surface area contributed by atoms with Crippen molar-refractivity contribution in [1.29, 1.82) is 0 Å². The molecule has 0 spiro atoms. The van der Waals surface area contributed by atoms with E-state index in [9.17, 15) is 14.7 Å². The van der Waals surface area contributed by atoms with Gasteiger partial charge in [0.25, 0.3) is 0 Å². The van der Waals surface area contributed by atoms with Crippen molar-refractivity contribution >= 4 is 5.91 Å². The van der Waals surface area contributed by atoms with E-state index in [1.165, 1.54) is 41.4 Å². The van der Waals surface area contributed by atoms with Gasteiger partial charge in [-0.05, 0) is 48.6 Å². The largest absolute Gasteiger partial charge is 0.493 e. The monoisotopic (exact) mass is 443 g/mol. The van der Waals surface area contributed by atoms with E-state index in [2.05, 4.69) is 5.32 Å². The normalized spacial score (nSPS) is 15.5. The summed E-state index contributed by atoms with van der Waals surface area (Å²) in [4.78, 5) is 24.8. The van der Waals surface area contributed by atoms with Gasteiger partial charge in [0.1, 0.15) is 0 Å². The molecule has 3 rings (SSSR count). The van der Waals surface area contributed by atoms with Gasteiger partial charge < -0.3 is 29.4 Å². The maximum atomic E-state index is 12.8. The van der Waals surface area contributed by atoms with E-state index in [-0.39, 0.29) is 17.1 Å². The van der Waals surface area contributed by atoms with Crippen molar-refractivity contribution in [1.82, 2.24) is 5.32 Å². The minimum atomic E-state index is -0.860. The summed E-state index contributed by atoms with van der Waals surface area (Å²) >= 11 is 0. The fourth-order valence-corrected chi connectivity index (χ4v) is 4.47. The van der Waals surface area contributed by atoms with Gasteiger partial charge in [0, 0.05) is 18.1 Å². The maximum absolute atomic E-state index is 12.8. The fraction of sp³-hybridized carbons (Fsp3) is 0.417. The van der Waals surface area contributed by atoms with Crippen LogP contribution in [0.25, 0.3) is 11.1 Å². The summed E-state index contributed by atoms with van der Waals surface area (Å²) in [6.07, 6.45) is 0.145. The molecule has 0 unspecified atom stereocenters. The zero-order chi connectivity index (χ0) is 23.6. The zero-order valence-electron chi connectivity index (χ0n) is 19.2. The molecule has 2 aromatic rings. The average Bonchev–Trinajstić information content (AvgIpc) is 3.00. The molecule has 0 radical (unpaired) electrons. The van der Waals surface area contributed by atoms with E-state index < -0.39 is 12.1 Å². The highest BCUT2D eigenvalue weighted by atomic mass is 16.5. The van der Waals surface area contributed by atoms with Crippen molar-refractivity contribution in [2.75, 3.05) is 28.4 Å². The number of fused-ring (bicyclic) bond motifs is 3. The molecule has 2 atom stereocenters. The second-order valence-corrected chi connectivity index (χ2v) is 7.61. The van der Waals surface area contributed by atoms with Crippen LogP contribution in [0.5, 0.6) is 23.0 Å². The van der Waals surface area contributed by atoms with Crippen LogP contribution in [0.15, 0.2) is 23.0 Å². The molecule has 0 heterocycles. The van der Waals surface area contributed by atoms with E-state index >= 15 is 0 Å². The molecule has 32 heavy (non-hydrogen) atoms. The van der Waals surface area contributed by atoms with Crippen molar-refractivity contribution in [2.45, 2.75) is 38.8 Å². The van der Waals surface area contributed by atoms with E-state index in [4.69, 9.17) is 18.9 Å². The second-order valence-electron chi connectivity index (χ2n) is 7.61. The third-order valence-electron chi connectivity index (χ3n) is 5.71. The lowest BCUT2D eigenvalue weighted by Crippen LogP contribution is -2.26. The standard InChI is InChI=1S/C24H29NO7/c1-12(26)20-15-7-9-17(25-13(2)27)16-11-18(28)19(29-3)10-8-14(16)21(15)23(31-5)24(32-6)22(20)30-4/h8,10-12,17,26H,7,9H2,1-6H3,(H,25,27)/t12-,17-/m0/s1. The van der Waals surface area contributed by atoms with Crippen LogP contribution in [-0.2, 0) is 11.2 Å². The summed E-state index contributed by atoms with van der Waals surface area (Å²) in [7, 11) is 5.97. The lowest BCUT2D eigenvalue weighted by molar-refractivity contribution is -0.119. The number of nitrogens with one attached hydrogen (secondary N) is 1. The predicted molar refractivity (Wildman–Crippen MR) is 120 cm³/mol. The van der Waals surface area contributed by atoms with Gasteiger partial charge in [-0.2, -0.15) is 0 Å². The van der Waals surface area contributed by atoms with Gasteiger partial charge in [-0.25, -0.2) is 0 Å². The predicted octanol–water partition coefficient (Wildman–Crippen LogP) is 2.92. The number of aliphatic hydroxyl groups is 1. The lowest BCUT2D eigenvalue weighted by atomic mass is 9.89. The Morgan fingerprint density at radius 2 is 1.72 bits per heavy atom. The molecule has 2 aromatic carbocycles. The minimum Gasteiger partial charge on any atom is -0.493 e. The van der Waals surface area contributed by atoms with Crippen LogP contribution < -0.4 is 29.7 Å².